The Hall–Kier alpha value is -1.30. The molecule has 0 aliphatic carbocycles. The Bertz CT molecular complexity index is 433. The van der Waals surface area contributed by atoms with Crippen LogP contribution in [0.15, 0.2) is 18.2 Å². The van der Waals surface area contributed by atoms with Crippen LogP contribution in [0.3, 0.4) is 0 Å². The molecule has 1 aromatic carbocycles. The van der Waals surface area contributed by atoms with Crippen molar-refractivity contribution in [1.29, 1.82) is 0 Å². The maximum atomic E-state index is 9.75. The molecule has 1 saturated heterocycles. The Morgan fingerprint density at radius 2 is 2.26 bits per heavy atom. The average molecular weight is 267 g/mol. The molecule has 1 heterocycles. The summed E-state index contributed by atoms with van der Waals surface area (Å²) in [6, 6.07) is 5.18. The number of aromatic hydroxyl groups is 1. The van der Waals surface area contributed by atoms with Crippen molar-refractivity contribution in [3.63, 3.8) is 0 Å². The lowest BCUT2D eigenvalue weighted by Gasteiger charge is -2.17. The Morgan fingerprint density at radius 1 is 1.47 bits per heavy atom. The van der Waals surface area contributed by atoms with Crippen molar-refractivity contribution in [2.75, 3.05) is 20.3 Å². The first-order chi connectivity index (χ1) is 9.00. The zero-order chi connectivity index (χ0) is 13.9. The van der Waals surface area contributed by atoms with Crippen LogP contribution in [0.5, 0.6) is 11.5 Å². The van der Waals surface area contributed by atoms with E-state index in [2.05, 4.69) is 5.32 Å². The molecule has 1 unspecified atom stereocenters. The highest BCUT2D eigenvalue weighted by atomic mass is 16.7. The van der Waals surface area contributed by atoms with Crippen LogP contribution < -0.4 is 10.1 Å². The smallest absolute Gasteiger partial charge is 0.163 e. The molecule has 1 atom stereocenters. The summed E-state index contributed by atoms with van der Waals surface area (Å²) in [5.41, 5.74) is 0.803. The van der Waals surface area contributed by atoms with Gasteiger partial charge in [0.05, 0.1) is 19.8 Å². The monoisotopic (exact) mass is 267 g/mol. The molecule has 2 rings (SSSR count). The molecule has 0 radical (unpaired) electrons. The lowest BCUT2D eigenvalue weighted by molar-refractivity contribution is -0.137. The molecule has 0 aromatic heterocycles. The lowest BCUT2D eigenvalue weighted by Crippen LogP contribution is -2.30. The van der Waals surface area contributed by atoms with E-state index >= 15 is 0 Å². The van der Waals surface area contributed by atoms with Crippen LogP contribution in [0.4, 0.5) is 0 Å². The summed E-state index contributed by atoms with van der Waals surface area (Å²) in [7, 11) is 1.61. The number of phenolic OH excluding ortho intramolecular Hbond substituents is 1. The summed E-state index contributed by atoms with van der Waals surface area (Å²) in [6.07, 6.45) is 0.0442. The van der Waals surface area contributed by atoms with Crippen LogP contribution in [0.25, 0.3) is 0 Å². The summed E-state index contributed by atoms with van der Waals surface area (Å²) >= 11 is 0. The molecule has 0 amide bonds. The number of nitrogens with one attached hydrogen (secondary N) is 1. The van der Waals surface area contributed by atoms with Crippen molar-refractivity contribution in [1.82, 2.24) is 5.32 Å². The average Bonchev–Trinajstić information content (AvgIpc) is 2.71. The van der Waals surface area contributed by atoms with E-state index in [9.17, 15) is 5.11 Å². The SMILES string of the molecule is COc1ccc(O)c(CNCC2COC(C)(C)O2)c1. The minimum Gasteiger partial charge on any atom is -0.508 e. The quantitative estimate of drug-likeness (QED) is 0.849. The van der Waals surface area contributed by atoms with E-state index in [1.54, 1.807) is 19.2 Å². The van der Waals surface area contributed by atoms with Crippen molar-refractivity contribution in [3.05, 3.63) is 23.8 Å². The molecule has 5 nitrogen and oxygen atoms in total. The van der Waals surface area contributed by atoms with Gasteiger partial charge in [-0.25, -0.2) is 0 Å². The third-order valence-corrected chi connectivity index (χ3v) is 3.04. The molecule has 1 aliphatic rings. The number of phenols is 1. The fourth-order valence-corrected chi connectivity index (χ4v) is 2.06. The first-order valence-electron chi connectivity index (χ1n) is 6.38. The number of hydrogen-bond donors (Lipinski definition) is 2. The van der Waals surface area contributed by atoms with Crippen LogP contribution in [0.1, 0.15) is 19.4 Å². The van der Waals surface area contributed by atoms with Crippen LogP contribution >= 0.6 is 0 Å². The second-order valence-corrected chi connectivity index (χ2v) is 5.08. The van der Waals surface area contributed by atoms with Gasteiger partial charge in [0.25, 0.3) is 0 Å². The Morgan fingerprint density at radius 3 is 2.89 bits per heavy atom. The molecular weight excluding hydrogens is 246 g/mol. The number of benzene rings is 1. The van der Waals surface area contributed by atoms with E-state index in [1.807, 2.05) is 19.9 Å². The van der Waals surface area contributed by atoms with E-state index in [0.29, 0.717) is 19.7 Å². The zero-order valence-corrected chi connectivity index (χ0v) is 11.6. The molecule has 5 heteroatoms. The lowest BCUT2D eigenvalue weighted by atomic mass is 10.2. The summed E-state index contributed by atoms with van der Waals surface area (Å²) in [5, 5.41) is 13.0. The van der Waals surface area contributed by atoms with E-state index in [4.69, 9.17) is 14.2 Å². The number of rotatable bonds is 5. The first-order valence-corrected chi connectivity index (χ1v) is 6.38. The second kappa shape index (κ2) is 5.77. The standard InChI is InChI=1S/C14H21NO4/c1-14(2)18-9-12(19-14)8-15-7-10-6-11(17-3)4-5-13(10)16/h4-6,12,15-16H,7-9H2,1-3H3. The summed E-state index contributed by atoms with van der Waals surface area (Å²) in [4.78, 5) is 0. The van der Waals surface area contributed by atoms with Crippen molar-refractivity contribution < 1.29 is 19.3 Å². The molecule has 0 spiro atoms. The van der Waals surface area contributed by atoms with Gasteiger partial charge in [0.2, 0.25) is 0 Å². The number of ether oxygens (including phenoxy) is 3. The Kier molecular flexibility index (Phi) is 4.29. The number of hydrogen-bond acceptors (Lipinski definition) is 5. The fourth-order valence-electron chi connectivity index (χ4n) is 2.06. The maximum Gasteiger partial charge on any atom is 0.163 e. The summed E-state index contributed by atoms with van der Waals surface area (Å²) in [5.74, 6) is 0.498. The van der Waals surface area contributed by atoms with Crippen molar-refractivity contribution in [3.8, 4) is 11.5 Å². The molecular formula is C14H21NO4. The highest BCUT2D eigenvalue weighted by molar-refractivity contribution is 5.39. The predicted molar refractivity (Wildman–Crippen MR) is 71.3 cm³/mol. The molecule has 106 valence electrons. The third-order valence-electron chi connectivity index (χ3n) is 3.04. The van der Waals surface area contributed by atoms with Crippen LogP contribution in [-0.4, -0.2) is 37.3 Å². The minimum atomic E-state index is -0.496. The molecule has 1 fully saturated rings. The van der Waals surface area contributed by atoms with E-state index in [1.165, 1.54) is 0 Å². The van der Waals surface area contributed by atoms with Gasteiger partial charge in [-0.2, -0.15) is 0 Å². The topological polar surface area (TPSA) is 60.0 Å². The van der Waals surface area contributed by atoms with Gasteiger partial charge in [0.1, 0.15) is 11.5 Å². The summed E-state index contributed by atoms with van der Waals surface area (Å²) in [6.45, 7) is 5.63. The van der Waals surface area contributed by atoms with E-state index < -0.39 is 5.79 Å². The van der Waals surface area contributed by atoms with Crippen molar-refractivity contribution in [2.24, 2.45) is 0 Å². The van der Waals surface area contributed by atoms with Crippen LogP contribution in [0.2, 0.25) is 0 Å². The molecule has 19 heavy (non-hydrogen) atoms. The van der Waals surface area contributed by atoms with Crippen molar-refractivity contribution >= 4 is 0 Å². The van der Waals surface area contributed by atoms with Gasteiger partial charge < -0.3 is 24.6 Å². The zero-order valence-electron chi connectivity index (χ0n) is 11.6. The second-order valence-electron chi connectivity index (χ2n) is 5.08. The van der Waals surface area contributed by atoms with Crippen LogP contribution in [0, 0.1) is 0 Å². The minimum absolute atomic E-state index is 0.0442. The maximum absolute atomic E-state index is 9.75. The number of methoxy groups -OCH3 is 1. The summed E-state index contributed by atoms with van der Waals surface area (Å²) < 4.78 is 16.3. The highest BCUT2D eigenvalue weighted by Gasteiger charge is 2.32. The van der Waals surface area contributed by atoms with Gasteiger partial charge in [-0.3, -0.25) is 0 Å². The van der Waals surface area contributed by atoms with E-state index in [0.717, 1.165) is 11.3 Å². The molecule has 0 saturated carbocycles. The third kappa shape index (κ3) is 3.83. The van der Waals surface area contributed by atoms with Gasteiger partial charge in [0.15, 0.2) is 5.79 Å². The molecule has 0 bridgehead atoms. The van der Waals surface area contributed by atoms with Gasteiger partial charge in [-0.15, -0.1) is 0 Å². The Labute approximate surface area is 113 Å². The predicted octanol–water partition coefficient (Wildman–Crippen LogP) is 1.64. The van der Waals surface area contributed by atoms with Crippen LogP contribution in [-0.2, 0) is 16.0 Å². The largest absolute Gasteiger partial charge is 0.508 e. The highest BCUT2D eigenvalue weighted by Crippen LogP contribution is 2.24. The fraction of sp³-hybridized carbons (Fsp3) is 0.571. The Balaban J connectivity index is 1.83. The van der Waals surface area contributed by atoms with Gasteiger partial charge in [-0.05, 0) is 32.0 Å². The molecule has 1 aliphatic heterocycles. The van der Waals surface area contributed by atoms with Gasteiger partial charge in [0, 0.05) is 18.7 Å². The first kappa shape index (κ1) is 14.1. The molecule has 1 aromatic rings. The van der Waals surface area contributed by atoms with E-state index in [-0.39, 0.29) is 11.9 Å². The van der Waals surface area contributed by atoms with Crippen molar-refractivity contribution in [2.45, 2.75) is 32.3 Å². The molecule has 2 N–H and O–H groups in total. The normalized spacial score (nSPS) is 21.5. The van der Waals surface area contributed by atoms with Gasteiger partial charge in [-0.1, -0.05) is 0 Å². The van der Waals surface area contributed by atoms with Gasteiger partial charge >= 0.3 is 0 Å².